The summed E-state index contributed by atoms with van der Waals surface area (Å²) in [6.07, 6.45) is 5.84. The molecule has 1 aliphatic carbocycles. The molecular formula is C11H24O2Si2. The molecule has 0 N–H and O–H groups in total. The van der Waals surface area contributed by atoms with Crippen LogP contribution in [-0.2, 0) is 8.85 Å². The second kappa shape index (κ2) is 4.53. The van der Waals surface area contributed by atoms with Gasteiger partial charge in [0.05, 0.1) is 12.2 Å². The zero-order valence-corrected chi connectivity index (χ0v) is 12.8. The predicted octanol–water partition coefficient (Wildman–Crippen LogP) is 3.39. The summed E-state index contributed by atoms with van der Waals surface area (Å²) >= 11 is 0. The van der Waals surface area contributed by atoms with Crippen molar-refractivity contribution in [3.63, 3.8) is 0 Å². The molecule has 1 rings (SSSR count). The lowest BCUT2D eigenvalue weighted by molar-refractivity contribution is 0.0851. The van der Waals surface area contributed by atoms with Gasteiger partial charge in [0.2, 0.25) is 0 Å². The summed E-state index contributed by atoms with van der Waals surface area (Å²) in [7, 11) is -2.90. The normalized spacial score (nSPS) is 27.3. The Labute approximate surface area is 95.9 Å². The Kier molecular flexibility index (Phi) is 3.97. The molecule has 0 heterocycles. The van der Waals surface area contributed by atoms with Crippen LogP contribution in [-0.4, -0.2) is 28.8 Å². The molecule has 2 atom stereocenters. The fourth-order valence-electron chi connectivity index (χ4n) is 1.70. The van der Waals surface area contributed by atoms with Crippen LogP contribution in [0.5, 0.6) is 0 Å². The monoisotopic (exact) mass is 244 g/mol. The zero-order chi connectivity index (χ0) is 11.7. The van der Waals surface area contributed by atoms with Crippen molar-refractivity contribution < 1.29 is 8.85 Å². The fraction of sp³-hybridized carbons (Fsp3) is 0.818. The van der Waals surface area contributed by atoms with Crippen molar-refractivity contribution in [2.24, 2.45) is 0 Å². The maximum atomic E-state index is 6.13. The zero-order valence-electron chi connectivity index (χ0n) is 10.8. The summed E-state index contributed by atoms with van der Waals surface area (Å²) < 4.78 is 12.2. The highest BCUT2D eigenvalue weighted by Crippen LogP contribution is 2.24. The van der Waals surface area contributed by atoms with Gasteiger partial charge in [0.1, 0.15) is 0 Å². The Morgan fingerprint density at radius 1 is 0.933 bits per heavy atom. The van der Waals surface area contributed by atoms with Gasteiger partial charge in [0.15, 0.2) is 16.6 Å². The Hall–Kier alpha value is 0.0938. The van der Waals surface area contributed by atoms with E-state index in [0.29, 0.717) is 0 Å². The lowest BCUT2D eigenvalue weighted by Crippen LogP contribution is -2.41. The van der Waals surface area contributed by atoms with Gasteiger partial charge in [-0.1, -0.05) is 12.2 Å². The third-order valence-electron chi connectivity index (χ3n) is 2.06. The minimum absolute atomic E-state index is 0.198. The molecule has 0 spiro atoms. The average molecular weight is 244 g/mol. The maximum Gasteiger partial charge on any atom is 0.184 e. The molecule has 0 fully saturated rings. The van der Waals surface area contributed by atoms with Gasteiger partial charge >= 0.3 is 0 Å². The smallest absolute Gasteiger partial charge is 0.184 e. The number of hydrogen-bond donors (Lipinski definition) is 0. The van der Waals surface area contributed by atoms with Crippen molar-refractivity contribution in [3.8, 4) is 0 Å². The molecule has 0 aromatic heterocycles. The molecular weight excluding hydrogens is 220 g/mol. The van der Waals surface area contributed by atoms with Gasteiger partial charge in [-0.2, -0.15) is 0 Å². The standard InChI is InChI=1S/C11H24O2Si2/c1-14(2,3)12-10-8-7-9-11(10)13-15(4,5)6/h7-8,10-11H,9H2,1-6H3/t10-,11?/m1/s1. The molecule has 0 aromatic carbocycles. The quantitative estimate of drug-likeness (QED) is 0.557. The molecule has 1 aliphatic rings. The molecule has 0 aliphatic heterocycles. The van der Waals surface area contributed by atoms with E-state index in [-0.39, 0.29) is 12.2 Å². The van der Waals surface area contributed by atoms with E-state index in [2.05, 4.69) is 51.4 Å². The van der Waals surface area contributed by atoms with E-state index in [9.17, 15) is 0 Å². The topological polar surface area (TPSA) is 18.5 Å². The van der Waals surface area contributed by atoms with E-state index in [1.807, 2.05) is 0 Å². The average Bonchev–Trinajstić information content (AvgIpc) is 2.29. The van der Waals surface area contributed by atoms with Crippen LogP contribution in [0.1, 0.15) is 6.42 Å². The Balaban J connectivity index is 2.53. The van der Waals surface area contributed by atoms with Crippen LogP contribution < -0.4 is 0 Å². The summed E-state index contributed by atoms with van der Waals surface area (Å²) in [5.74, 6) is 0. The van der Waals surface area contributed by atoms with Gasteiger partial charge in [-0.3, -0.25) is 0 Å². The highest BCUT2D eigenvalue weighted by atomic mass is 28.4. The molecule has 0 amide bonds. The summed E-state index contributed by atoms with van der Waals surface area (Å²) in [4.78, 5) is 0. The van der Waals surface area contributed by atoms with Crippen molar-refractivity contribution in [1.29, 1.82) is 0 Å². The highest BCUT2D eigenvalue weighted by molar-refractivity contribution is 6.70. The minimum atomic E-state index is -1.46. The molecule has 88 valence electrons. The van der Waals surface area contributed by atoms with Crippen LogP contribution in [0.25, 0.3) is 0 Å². The number of hydrogen-bond acceptors (Lipinski definition) is 2. The van der Waals surface area contributed by atoms with Crippen molar-refractivity contribution >= 4 is 16.6 Å². The van der Waals surface area contributed by atoms with Crippen molar-refractivity contribution in [2.75, 3.05) is 0 Å². The molecule has 4 heteroatoms. The molecule has 1 unspecified atom stereocenters. The van der Waals surface area contributed by atoms with Gasteiger partial charge in [-0.15, -0.1) is 0 Å². The van der Waals surface area contributed by atoms with Crippen LogP contribution in [0.15, 0.2) is 12.2 Å². The molecule has 0 saturated carbocycles. The van der Waals surface area contributed by atoms with Gasteiger partial charge in [0, 0.05) is 0 Å². The summed E-state index contributed by atoms with van der Waals surface area (Å²) in [5, 5.41) is 0. The first-order chi connectivity index (χ1) is 6.67. The van der Waals surface area contributed by atoms with E-state index in [0.717, 1.165) is 6.42 Å². The van der Waals surface area contributed by atoms with Crippen molar-refractivity contribution in [3.05, 3.63) is 12.2 Å². The number of rotatable bonds is 4. The largest absolute Gasteiger partial charge is 0.411 e. The summed E-state index contributed by atoms with van der Waals surface area (Å²) in [6.45, 7) is 13.4. The first-order valence-electron chi connectivity index (χ1n) is 5.70. The molecule has 0 bridgehead atoms. The molecule has 15 heavy (non-hydrogen) atoms. The van der Waals surface area contributed by atoms with E-state index in [1.165, 1.54) is 0 Å². The second-order valence-corrected chi connectivity index (χ2v) is 15.0. The van der Waals surface area contributed by atoms with Gasteiger partial charge in [0.25, 0.3) is 0 Å². The van der Waals surface area contributed by atoms with E-state index >= 15 is 0 Å². The lowest BCUT2D eigenvalue weighted by atomic mass is 10.2. The third-order valence-corrected chi connectivity index (χ3v) is 4.04. The van der Waals surface area contributed by atoms with Crippen LogP contribution in [0, 0.1) is 0 Å². The Morgan fingerprint density at radius 3 is 1.93 bits per heavy atom. The van der Waals surface area contributed by atoms with Crippen molar-refractivity contribution in [1.82, 2.24) is 0 Å². The first kappa shape index (κ1) is 13.2. The van der Waals surface area contributed by atoms with Crippen LogP contribution >= 0.6 is 0 Å². The Bertz CT molecular complexity index is 238. The molecule has 0 aromatic rings. The highest BCUT2D eigenvalue weighted by Gasteiger charge is 2.32. The van der Waals surface area contributed by atoms with Crippen LogP contribution in [0.2, 0.25) is 39.3 Å². The van der Waals surface area contributed by atoms with E-state index in [4.69, 9.17) is 8.85 Å². The van der Waals surface area contributed by atoms with Crippen molar-refractivity contribution in [2.45, 2.75) is 57.9 Å². The fourth-order valence-corrected chi connectivity index (χ4v) is 3.88. The summed E-state index contributed by atoms with van der Waals surface area (Å²) in [6, 6.07) is 0. The van der Waals surface area contributed by atoms with Gasteiger partial charge < -0.3 is 8.85 Å². The molecule has 0 radical (unpaired) electrons. The first-order valence-corrected chi connectivity index (χ1v) is 12.5. The Morgan fingerprint density at radius 2 is 1.47 bits per heavy atom. The summed E-state index contributed by atoms with van der Waals surface area (Å²) in [5.41, 5.74) is 0. The molecule has 0 saturated heterocycles. The maximum absolute atomic E-state index is 6.13. The molecule has 2 nitrogen and oxygen atoms in total. The van der Waals surface area contributed by atoms with Gasteiger partial charge in [-0.05, 0) is 45.7 Å². The predicted molar refractivity (Wildman–Crippen MR) is 70.2 cm³/mol. The van der Waals surface area contributed by atoms with E-state index in [1.54, 1.807) is 0 Å². The minimum Gasteiger partial charge on any atom is -0.411 e. The lowest BCUT2D eigenvalue weighted by Gasteiger charge is -2.31. The van der Waals surface area contributed by atoms with Crippen LogP contribution in [0.4, 0.5) is 0 Å². The third kappa shape index (κ3) is 5.11. The second-order valence-electron chi connectivity index (χ2n) is 6.13. The van der Waals surface area contributed by atoms with E-state index < -0.39 is 16.6 Å². The SMILES string of the molecule is C[Si](C)(C)OC1CC=C[C@H]1O[Si](C)(C)C. The van der Waals surface area contributed by atoms with Crippen LogP contribution in [0.3, 0.4) is 0 Å². The van der Waals surface area contributed by atoms with Gasteiger partial charge in [-0.25, -0.2) is 0 Å².